The topological polar surface area (TPSA) is 78.0 Å². The molecule has 4 rings (SSSR count). The standard InChI is InChI=1S/C20H27N5O2/c1-13(2)19-23-20(27-24-19)18(14-8-10-26-11-9-14)21-12-17-22-15-6-4-5-7-16(15)25(17)3/h4-7,13-14,18,21H,8-12H2,1-3H3/t18-/m0/s1. The number of rotatable bonds is 6. The highest BCUT2D eigenvalue weighted by atomic mass is 16.5. The quantitative estimate of drug-likeness (QED) is 0.718. The molecule has 2 aromatic heterocycles. The predicted octanol–water partition coefficient (Wildman–Crippen LogP) is 3.34. The van der Waals surface area contributed by atoms with E-state index in [4.69, 9.17) is 14.2 Å². The van der Waals surface area contributed by atoms with E-state index in [0.717, 1.165) is 48.7 Å². The third-order valence-electron chi connectivity index (χ3n) is 5.34. The first kappa shape index (κ1) is 18.1. The van der Waals surface area contributed by atoms with Crippen LogP contribution in [0.3, 0.4) is 0 Å². The highest BCUT2D eigenvalue weighted by Gasteiger charge is 2.30. The van der Waals surface area contributed by atoms with Crippen molar-refractivity contribution in [2.24, 2.45) is 13.0 Å². The van der Waals surface area contributed by atoms with Crippen molar-refractivity contribution >= 4 is 11.0 Å². The zero-order valence-corrected chi connectivity index (χ0v) is 16.2. The molecule has 0 radical (unpaired) electrons. The van der Waals surface area contributed by atoms with Gasteiger partial charge in [0.2, 0.25) is 5.89 Å². The Balaban J connectivity index is 1.57. The number of para-hydroxylation sites is 2. The van der Waals surface area contributed by atoms with E-state index >= 15 is 0 Å². The minimum absolute atomic E-state index is 0.00807. The lowest BCUT2D eigenvalue weighted by Crippen LogP contribution is -2.32. The molecule has 7 heteroatoms. The molecule has 27 heavy (non-hydrogen) atoms. The van der Waals surface area contributed by atoms with Crippen molar-refractivity contribution in [3.63, 3.8) is 0 Å². The molecule has 0 spiro atoms. The number of nitrogens with one attached hydrogen (secondary N) is 1. The Labute approximate surface area is 159 Å². The first-order chi connectivity index (χ1) is 13.1. The van der Waals surface area contributed by atoms with E-state index in [1.807, 2.05) is 18.2 Å². The van der Waals surface area contributed by atoms with Crippen LogP contribution in [0.4, 0.5) is 0 Å². The number of ether oxygens (including phenoxy) is 1. The molecule has 3 aromatic rings. The Morgan fingerprint density at radius 2 is 1.96 bits per heavy atom. The normalized spacial score (nSPS) is 17.0. The summed E-state index contributed by atoms with van der Waals surface area (Å²) in [7, 11) is 2.05. The molecule has 1 aliphatic rings. The first-order valence-electron chi connectivity index (χ1n) is 9.68. The monoisotopic (exact) mass is 369 g/mol. The van der Waals surface area contributed by atoms with Gasteiger partial charge in [-0.2, -0.15) is 4.98 Å². The maximum absolute atomic E-state index is 5.63. The number of benzene rings is 1. The third-order valence-corrected chi connectivity index (χ3v) is 5.34. The largest absolute Gasteiger partial charge is 0.381 e. The van der Waals surface area contributed by atoms with Crippen molar-refractivity contribution in [1.29, 1.82) is 0 Å². The summed E-state index contributed by atoms with van der Waals surface area (Å²) in [6.45, 7) is 6.35. The molecule has 7 nitrogen and oxygen atoms in total. The molecule has 0 saturated carbocycles. The number of imidazole rings is 1. The average Bonchev–Trinajstić information content (AvgIpc) is 3.29. The molecule has 0 amide bonds. The molecule has 1 N–H and O–H groups in total. The highest BCUT2D eigenvalue weighted by molar-refractivity contribution is 5.75. The molecule has 1 fully saturated rings. The minimum atomic E-state index is 0.00807. The fourth-order valence-corrected chi connectivity index (χ4v) is 3.67. The minimum Gasteiger partial charge on any atom is -0.381 e. The van der Waals surface area contributed by atoms with Gasteiger partial charge in [-0.05, 0) is 30.9 Å². The molecule has 1 aromatic carbocycles. The van der Waals surface area contributed by atoms with Crippen LogP contribution in [-0.4, -0.2) is 32.9 Å². The van der Waals surface area contributed by atoms with Crippen LogP contribution >= 0.6 is 0 Å². The summed E-state index contributed by atoms with van der Waals surface area (Å²) in [4.78, 5) is 9.42. The van der Waals surface area contributed by atoms with Gasteiger partial charge < -0.3 is 13.8 Å². The predicted molar refractivity (Wildman–Crippen MR) is 102 cm³/mol. The number of hydrogen-bond acceptors (Lipinski definition) is 6. The van der Waals surface area contributed by atoms with Crippen molar-refractivity contribution < 1.29 is 9.26 Å². The zero-order chi connectivity index (χ0) is 18.8. The Kier molecular flexibility index (Phi) is 5.22. The van der Waals surface area contributed by atoms with Gasteiger partial charge in [-0.1, -0.05) is 31.1 Å². The van der Waals surface area contributed by atoms with E-state index < -0.39 is 0 Å². The molecular formula is C20H27N5O2. The maximum Gasteiger partial charge on any atom is 0.244 e. The average molecular weight is 369 g/mol. The Hall–Kier alpha value is -2.25. The van der Waals surface area contributed by atoms with E-state index in [0.29, 0.717) is 18.4 Å². The summed E-state index contributed by atoms with van der Waals surface area (Å²) in [6.07, 6.45) is 1.97. The smallest absolute Gasteiger partial charge is 0.244 e. The van der Waals surface area contributed by atoms with E-state index in [1.165, 1.54) is 0 Å². The molecule has 144 valence electrons. The molecule has 3 heterocycles. The highest BCUT2D eigenvalue weighted by Crippen LogP contribution is 2.30. The van der Waals surface area contributed by atoms with Gasteiger partial charge in [-0.3, -0.25) is 5.32 Å². The van der Waals surface area contributed by atoms with Crippen LogP contribution < -0.4 is 5.32 Å². The summed E-state index contributed by atoms with van der Waals surface area (Å²) in [5.74, 6) is 3.08. The molecular weight excluding hydrogens is 342 g/mol. The lowest BCUT2D eigenvalue weighted by Gasteiger charge is -2.28. The summed E-state index contributed by atoms with van der Waals surface area (Å²) in [5.41, 5.74) is 2.15. The van der Waals surface area contributed by atoms with Gasteiger partial charge in [0, 0.05) is 26.2 Å². The number of aromatic nitrogens is 4. The molecule has 0 aliphatic carbocycles. The summed E-state index contributed by atoms with van der Waals surface area (Å²) in [6, 6.07) is 8.20. The lowest BCUT2D eigenvalue weighted by molar-refractivity contribution is 0.0484. The Morgan fingerprint density at radius 1 is 1.19 bits per heavy atom. The maximum atomic E-state index is 5.63. The van der Waals surface area contributed by atoms with Crippen molar-refractivity contribution in [2.75, 3.05) is 13.2 Å². The SMILES string of the molecule is CC(C)c1noc([C@@H](NCc2nc3ccccc3n2C)C2CCOCC2)n1. The van der Waals surface area contributed by atoms with Crippen LogP contribution in [0.25, 0.3) is 11.0 Å². The van der Waals surface area contributed by atoms with Gasteiger partial charge in [0.1, 0.15) is 5.82 Å². The van der Waals surface area contributed by atoms with Crippen LogP contribution in [0, 0.1) is 5.92 Å². The third kappa shape index (κ3) is 3.75. The summed E-state index contributed by atoms with van der Waals surface area (Å²) >= 11 is 0. The van der Waals surface area contributed by atoms with E-state index in [-0.39, 0.29) is 12.0 Å². The van der Waals surface area contributed by atoms with E-state index in [9.17, 15) is 0 Å². The van der Waals surface area contributed by atoms with Crippen molar-refractivity contribution in [3.8, 4) is 0 Å². The van der Waals surface area contributed by atoms with Gasteiger partial charge in [0.05, 0.1) is 23.6 Å². The van der Waals surface area contributed by atoms with Crippen molar-refractivity contribution in [1.82, 2.24) is 25.0 Å². The van der Waals surface area contributed by atoms with Gasteiger partial charge in [-0.15, -0.1) is 0 Å². The van der Waals surface area contributed by atoms with Gasteiger partial charge in [-0.25, -0.2) is 4.98 Å². The number of fused-ring (bicyclic) bond motifs is 1. The molecule has 1 atom stereocenters. The van der Waals surface area contributed by atoms with Crippen LogP contribution in [0.5, 0.6) is 0 Å². The molecule has 1 aliphatic heterocycles. The van der Waals surface area contributed by atoms with Crippen molar-refractivity contribution in [3.05, 3.63) is 41.8 Å². The van der Waals surface area contributed by atoms with Crippen LogP contribution in [0.2, 0.25) is 0 Å². The van der Waals surface area contributed by atoms with E-state index in [2.05, 4.69) is 47.0 Å². The summed E-state index contributed by atoms with van der Waals surface area (Å²) < 4.78 is 13.3. The molecule has 1 saturated heterocycles. The Morgan fingerprint density at radius 3 is 2.67 bits per heavy atom. The lowest BCUT2D eigenvalue weighted by atomic mass is 9.91. The van der Waals surface area contributed by atoms with Gasteiger partial charge >= 0.3 is 0 Å². The van der Waals surface area contributed by atoms with Gasteiger partial charge in [0.25, 0.3) is 0 Å². The fourth-order valence-electron chi connectivity index (χ4n) is 3.67. The summed E-state index contributed by atoms with van der Waals surface area (Å²) in [5, 5.41) is 7.80. The van der Waals surface area contributed by atoms with Gasteiger partial charge in [0.15, 0.2) is 5.82 Å². The molecule has 0 bridgehead atoms. The second kappa shape index (κ2) is 7.78. The first-order valence-corrected chi connectivity index (χ1v) is 9.68. The van der Waals surface area contributed by atoms with E-state index in [1.54, 1.807) is 0 Å². The number of nitrogens with zero attached hydrogens (tertiary/aromatic N) is 4. The number of hydrogen-bond donors (Lipinski definition) is 1. The second-order valence-corrected chi connectivity index (χ2v) is 7.53. The fraction of sp³-hybridized carbons (Fsp3) is 0.550. The van der Waals surface area contributed by atoms with Crippen LogP contribution in [0.1, 0.15) is 56.2 Å². The van der Waals surface area contributed by atoms with Crippen LogP contribution in [0.15, 0.2) is 28.8 Å². The molecule has 0 unspecified atom stereocenters. The Bertz CT molecular complexity index is 895. The van der Waals surface area contributed by atoms with Crippen LogP contribution in [-0.2, 0) is 18.3 Å². The van der Waals surface area contributed by atoms with Crippen molar-refractivity contribution in [2.45, 2.75) is 45.2 Å². The second-order valence-electron chi connectivity index (χ2n) is 7.53. The number of aryl methyl sites for hydroxylation is 1. The zero-order valence-electron chi connectivity index (χ0n) is 16.2.